The molecule has 1 atom stereocenters. The highest BCUT2D eigenvalue weighted by Gasteiger charge is 2.28. The topological polar surface area (TPSA) is 58.6 Å². The van der Waals surface area contributed by atoms with Crippen LogP contribution in [0.5, 0.6) is 5.75 Å². The van der Waals surface area contributed by atoms with E-state index in [1.54, 1.807) is 0 Å². The maximum atomic E-state index is 13.4. The van der Waals surface area contributed by atoms with Gasteiger partial charge >= 0.3 is 5.97 Å². The maximum absolute atomic E-state index is 13.4. The van der Waals surface area contributed by atoms with Gasteiger partial charge in [0.2, 0.25) is 0 Å². The first-order chi connectivity index (χ1) is 9.61. The average Bonchev–Trinajstić information content (AvgIpc) is 2.48. The van der Waals surface area contributed by atoms with Crippen LogP contribution in [0.25, 0.3) is 0 Å². The van der Waals surface area contributed by atoms with Crippen molar-refractivity contribution in [3.8, 4) is 5.75 Å². The standard InChI is InChI=1S/C15H20FNO3/c1-20-15(19)14(17-11-5-3-2-4-6-11)12-9-10(16)7-8-13(12)18/h7-9,11,14,17-18H,2-6H2,1H3. The molecule has 1 saturated carbocycles. The molecular formula is C15H20FNO3. The Morgan fingerprint density at radius 3 is 2.75 bits per heavy atom. The lowest BCUT2D eigenvalue weighted by molar-refractivity contribution is -0.143. The summed E-state index contributed by atoms with van der Waals surface area (Å²) < 4.78 is 18.1. The largest absolute Gasteiger partial charge is 0.508 e. The Labute approximate surface area is 117 Å². The molecule has 110 valence electrons. The minimum Gasteiger partial charge on any atom is -0.508 e. The first kappa shape index (κ1) is 14.8. The lowest BCUT2D eigenvalue weighted by Gasteiger charge is -2.27. The number of esters is 1. The number of ether oxygens (including phenoxy) is 1. The van der Waals surface area contributed by atoms with E-state index in [-0.39, 0.29) is 17.4 Å². The van der Waals surface area contributed by atoms with Gasteiger partial charge in [0.25, 0.3) is 0 Å². The fourth-order valence-electron chi connectivity index (χ4n) is 2.66. The number of hydrogen-bond donors (Lipinski definition) is 2. The molecule has 0 radical (unpaired) electrons. The predicted octanol–water partition coefficient (Wildman–Crippen LogP) is 2.67. The summed E-state index contributed by atoms with van der Waals surface area (Å²) in [6.45, 7) is 0. The van der Waals surface area contributed by atoms with Gasteiger partial charge in [0.15, 0.2) is 0 Å². The van der Waals surface area contributed by atoms with E-state index in [1.165, 1.54) is 25.7 Å². The van der Waals surface area contributed by atoms with E-state index in [0.29, 0.717) is 0 Å². The van der Waals surface area contributed by atoms with E-state index in [2.05, 4.69) is 5.32 Å². The molecule has 0 amide bonds. The second-order valence-corrected chi connectivity index (χ2v) is 5.16. The molecule has 0 saturated heterocycles. The van der Waals surface area contributed by atoms with Crippen LogP contribution in [0.1, 0.15) is 43.7 Å². The van der Waals surface area contributed by atoms with Gasteiger partial charge in [0.05, 0.1) is 7.11 Å². The van der Waals surface area contributed by atoms with Crippen LogP contribution in [-0.4, -0.2) is 24.2 Å². The van der Waals surface area contributed by atoms with E-state index in [4.69, 9.17) is 4.74 Å². The molecule has 0 heterocycles. The molecule has 1 fully saturated rings. The van der Waals surface area contributed by atoms with Crippen LogP contribution in [0.4, 0.5) is 4.39 Å². The smallest absolute Gasteiger partial charge is 0.327 e. The number of rotatable bonds is 4. The molecule has 20 heavy (non-hydrogen) atoms. The van der Waals surface area contributed by atoms with Crippen molar-refractivity contribution in [2.75, 3.05) is 7.11 Å². The summed E-state index contributed by atoms with van der Waals surface area (Å²) in [6, 6.07) is 2.94. The quantitative estimate of drug-likeness (QED) is 0.833. The van der Waals surface area contributed by atoms with Crippen LogP contribution in [0, 0.1) is 5.82 Å². The monoisotopic (exact) mass is 281 g/mol. The molecule has 0 bridgehead atoms. The molecule has 2 N–H and O–H groups in total. The molecule has 0 aliphatic heterocycles. The van der Waals surface area contributed by atoms with Crippen molar-refractivity contribution < 1.29 is 19.0 Å². The number of hydrogen-bond acceptors (Lipinski definition) is 4. The Morgan fingerprint density at radius 1 is 1.40 bits per heavy atom. The Kier molecular flexibility index (Phi) is 4.95. The molecule has 1 aromatic carbocycles. The van der Waals surface area contributed by atoms with E-state index >= 15 is 0 Å². The summed E-state index contributed by atoms with van der Waals surface area (Å²) >= 11 is 0. The van der Waals surface area contributed by atoms with Crippen LogP contribution in [0.2, 0.25) is 0 Å². The van der Waals surface area contributed by atoms with Crippen LogP contribution in [-0.2, 0) is 9.53 Å². The highest BCUT2D eigenvalue weighted by Crippen LogP contribution is 2.28. The fraction of sp³-hybridized carbons (Fsp3) is 0.533. The highest BCUT2D eigenvalue weighted by atomic mass is 19.1. The van der Waals surface area contributed by atoms with E-state index < -0.39 is 17.8 Å². The van der Waals surface area contributed by atoms with Crippen molar-refractivity contribution in [2.24, 2.45) is 0 Å². The number of phenolic OH excluding ortho intramolecular Hbond substituents is 1. The third kappa shape index (κ3) is 3.48. The van der Waals surface area contributed by atoms with Crippen molar-refractivity contribution in [2.45, 2.75) is 44.2 Å². The minimum atomic E-state index is -0.834. The first-order valence-corrected chi connectivity index (χ1v) is 6.94. The summed E-state index contributed by atoms with van der Waals surface area (Å²) in [5.41, 5.74) is 0.224. The van der Waals surface area contributed by atoms with Crippen molar-refractivity contribution in [3.63, 3.8) is 0 Å². The average molecular weight is 281 g/mol. The number of benzene rings is 1. The first-order valence-electron chi connectivity index (χ1n) is 6.94. The summed E-state index contributed by atoms with van der Waals surface area (Å²) in [4.78, 5) is 11.9. The zero-order chi connectivity index (χ0) is 14.5. The van der Waals surface area contributed by atoms with Gasteiger partial charge in [-0.15, -0.1) is 0 Å². The molecule has 0 spiro atoms. The lowest BCUT2D eigenvalue weighted by atomic mass is 9.94. The second-order valence-electron chi connectivity index (χ2n) is 5.16. The second kappa shape index (κ2) is 6.70. The van der Waals surface area contributed by atoms with Crippen molar-refractivity contribution in [1.29, 1.82) is 0 Å². The van der Waals surface area contributed by atoms with E-state index in [1.807, 2.05) is 0 Å². The highest BCUT2D eigenvalue weighted by molar-refractivity contribution is 5.78. The number of carbonyl (C=O) groups excluding carboxylic acids is 1. The number of methoxy groups -OCH3 is 1. The Bertz CT molecular complexity index is 472. The Morgan fingerprint density at radius 2 is 2.10 bits per heavy atom. The number of halogens is 1. The molecule has 1 unspecified atom stereocenters. The SMILES string of the molecule is COC(=O)C(NC1CCCCC1)c1cc(F)ccc1O. The van der Waals surface area contributed by atoms with Crippen molar-refractivity contribution in [1.82, 2.24) is 5.32 Å². The zero-order valence-electron chi connectivity index (χ0n) is 11.6. The normalized spacial score (nSPS) is 17.7. The summed E-state index contributed by atoms with van der Waals surface area (Å²) in [6.07, 6.45) is 5.38. The molecule has 2 rings (SSSR count). The molecule has 5 heteroatoms. The third-order valence-electron chi connectivity index (χ3n) is 3.75. The van der Waals surface area contributed by atoms with Gasteiger partial charge in [0, 0.05) is 11.6 Å². The summed E-state index contributed by atoms with van der Waals surface area (Å²) in [5.74, 6) is -1.11. The van der Waals surface area contributed by atoms with Crippen molar-refractivity contribution >= 4 is 5.97 Å². The predicted molar refractivity (Wildman–Crippen MR) is 72.8 cm³/mol. The summed E-state index contributed by atoms with van der Waals surface area (Å²) in [7, 11) is 1.29. The van der Waals surface area contributed by atoms with Gasteiger partial charge in [-0.3, -0.25) is 5.32 Å². The van der Waals surface area contributed by atoms with Gasteiger partial charge in [0.1, 0.15) is 17.6 Å². The fourth-order valence-corrected chi connectivity index (χ4v) is 2.66. The van der Waals surface area contributed by atoms with Gasteiger partial charge in [-0.25, -0.2) is 9.18 Å². The number of nitrogens with one attached hydrogen (secondary N) is 1. The van der Waals surface area contributed by atoms with Crippen LogP contribution in [0.15, 0.2) is 18.2 Å². The molecule has 1 aliphatic rings. The molecule has 0 aromatic heterocycles. The number of phenols is 1. The van der Waals surface area contributed by atoms with Gasteiger partial charge < -0.3 is 9.84 Å². The molecule has 4 nitrogen and oxygen atoms in total. The minimum absolute atomic E-state index is 0.106. The zero-order valence-corrected chi connectivity index (χ0v) is 11.6. The van der Waals surface area contributed by atoms with Gasteiger partial charge in [-0.05, 0) is 31.0 Å². The van der Waals surface area contributed by atoms with Gasteiger partial charge in [-0.1, -0.05) is 19.3 Å². The Balaban J connectivity index is 2.22. The molecule has 1 aliphatic carbocycles. The van der Waals surface area contributed by atoms with Gasteiger partial charge in [-0.2, -0.15) is 0 Å². The molecule has 1 aromatic rings. The number of carbonyl (C=O) groups is 1. The van der Waals surface area contributed by atoms with Crippen LogP contribution < -0.4 is 5.32 Å². The van der Waals surface area contributed by atoms with Crippen LogP contribution in [0.3, 0.4) is 0 Å². The summed E-state index contributed by atoms with van der Waals surface area (Å²) in [5, 5.41) is 13.1. The van der Waals surface area contributed by atoms with E-state index in [9.17, 15) is 14.3 Å². The van der Waals surface area contributed by atoms with E-state index in [0.717, 1.165) is 31.7 Å². The number of aromatic hydroxyl groups is 1. The maximum Gasteiger partial charge on any atom is 0.327 e. The molecular weight excluding hydrogens is 261 g/mol. The Hall–Kier alpha value is -1.62. The van der Waals surface area contributed by atoms with Crippen LogP contribution >= 0.6 is 0 Å². The van der Waals surface area contributed by atoms with Crippen molar-refractivity contribution in [3.05, 3.63) is 29.6 Å². The third-order valence-corrected chi connectivity index (χ3v) is 3.75. The lowest BCUT2D eigenvalue weighted by Crippen LogP contribution is -2.38.